The van der Waals surface area contributed by atoms with Crippen molar-refractivity contribution in [2.24, 2.45) is 0 Å². The van der Waals surface area contributed by atoms with E-state index in [0.29, 0.717) is 0 Å². The zero-order valence-electron chi connectivity index (χ0n) is 27.4. The van der Waals surface area contributed by atoms with Crippen LogP contribution in [0.25, 0.3) is 0 Å². The minimum Gasteiger partial charge on any atom is -0.457 e. The molecule has 2 aromatic rings. The van der Waals surface area contributed by atoms with E-state index in [2.05, 4.69) is 62.4 Å². The molecule has 0 aliphatic heterocycles. The van der Waals surface area contributed by atoms with Crippen LogP contribution in [-0.4, -0.2) is 0 Å². The lowest BCUT2D eigenvalue weighted by atomic mass is 10.0. The number of hydrogen-bond acceptors (Lipinski definition) is 1. The maximum absolute atomic E-state index is 6.20. The predicted molar refractivity (Wildman–Crippen MR) is 183 cm³/mol. The van der Waals surface area contributed by atoms with Crippen LogP contribution in [0.4, 0.5) is 0 Å². The number of ether oxygens (including phenoxy) is 1. The van der Waals surface area contributed by atoms with Gasteiger partial charge in [-0.15, -0.1) is 0 Å². The van der Waals surface area contributed by atoms with Gasteiger partial charge in [-0.1, -0.05) is 179 Å². The molecule has 0 spiro atoms. The van der Waals surface area contributed by atoms with E-state index in [0.717, 1.165) is 17.9 Å². The van der Waals surface area contributed by atoms with E-state index >= 15 is 0 Å². The molecule has 1 heteroatoms. The van der Waals surface area contributed by atoms with E-state index in [1.807, 2.05) is 0 Å². The minimum atomic E-state index is 0.950. The molecular weight excluding hydrogens is 496 g/mol. The topological polar surface area (TPSA) is 9.23 Å². The maximum Gasteiger partial charge on any atom is 0.127 e. The van der Waals surface area contributed by atoms with Gasteiger partial charge in [0, 0.05) is 0 Å². The zero-order chi connectivity index (χ0) is 29.1. The van der Waals surface area contributed by atoms with Crippen LogP contribution < -0.4 is 4.74 Å². The van der Waals surface area contributed by atoms with Crippen LogP contribution in [0.3, 0.4) is 0 Å². The summed E-state index contributed by atoms with van der Waals surface area (Å²) < 4.78 is 6.20. The number of hydrogen-bond donors (Lipinski definition) is 0. The molecular formula is C40H66O. The highest BCUT2D eigenvalue weighted by molar-refractivity contribution is 5.35. The molecule has 41 heavy (non-hydrogen) atoms. The van der Waals surface area contributed by atoms with Crippen LogP contribution in [0.2, 0.25) is 0 Å². The molecule has 0 saturated carbocycles. The number of benzene rings is 2. The molecule has 0 aromatic heterocycles. The number of aryl methyl sites for hydroxylation is 2. The molecule has 0 aliphatic carbocycles. The summed E-state index contributed by atoms with van der Waals surface area (Å²) in [5.74, 6) is 1.92. The van der Waals surface area contributed by atoms with Gasteiger partial charge >= 0.3 is 0 Å². The van der Waals surface area contributed by atoms with Gasteiger partial charge in [0.25, 0.3) is 0 Å². The summed E-state index contributed by atoms with van der Waals surface area (Å²) >= 11 is 0. The second-order valence-corrected chi connectivity index (χ2v) is 12.7. The first-order valence-corrected chi connectivity index (χ1v) is 18.2. The molecule has 0 fully saturated rings. The maximum atomic E-state index is 6.20. The highest BCUT2D eigenvalue weighted by atomic mass is 16.5. The average molecular weight is 563 g/mol. The van der Waals surface area contributed by atoms with Gasteiger partial charge in [-0.05, 0) is 61.1 Å². The lowest BCUT2D eigenvalue weighted by Gasteiger charge is -2.09. The smallest absolute Gasteiger partial charge is 0.127 e. The number of rotatable bonds is 28. The first-order valence-electron chi connectivity index (χ1n) is 18.2. The fraction of sp³-hybridized carbons (Fsp3) is 0.700. The number of unbranched alkanes of at least 4 members (excludes halogenated alkanes) is 22. The average Bonchev–Trinajstić information content (AvgIpc) is 2.99. The molecule has 0 heterocycles. The first kappa shape index (κ1) is 35.4. The fourth-order valence-electron chi connectivity index (χ4n) is 5.96. The van der Waals surface area contributed by atoms with Crippen LogP contribution in [0.1, 0.15) is 179 Å². The fourth-order valence-corrected chi connectivity index (χ4v) is 5.96. The Labute approximate surface area is 256 Å². The molecule has 0 saturated heterocycles. The third-order valence-electron chi connectivity index (χ3n) is 8.70. The second-order valence-electron chi connectivity index (χ2n) is 12.7. The zero-order valence-corrected chi connectivity index (χ0v) is 27.4. The van der Waals surface area contributed by atoms with Gasteiger partial charge in [-0.3, -0.25) is 0 Å². The molecule has 2 aromatic carbocycles. The molecule has 0 aliphatic rings. The summed E-state index contributed by atoms with van der Waals surface area (Å²) in [6.07, 6.45) is 36.1. The van der Waals surface area contributed by atoms with Crippen molar-refractivity contribution in [1.29, 1.82) is 0 Å². The van der Waals surface area contributed by atoms with Gasteiger partial charge in [0.1, 0.15) is 11.5 Å². The van der Waals surface area contributed by atoms with E-state index in [4.69, 9.17) is 4.74 Å². The summed E-state index contributed by atoms with van der Waals surface area (Å²) in [6.45, 7) is 4.59. The molecule has 232 valence electrons. The molecule has 1 nitrogen and oxygen atoms in total. The SMILES string of the molecule is CCCCCCCCCCCCCCc1ccc(Oc2cccc(CCCCCCCCCCCCCC)c2)cc1. The molecule has 0 bridgehead atoms. The highest BCUT2D eigenvalue weighted by Crippen LogP contribution is 2.24. The van der Waals surface area contributed by atoms with Gasteiger partial charge < -0.3 is 4.74 Å². The van der Waals surface area contributed by atoms with Crippen LogP contribution >= 0.6 is 0 Å². The predicted octanol–water partition coefficient (Wildman–Crippen LogP) is 14.0. The van der Waals surface area contributed by atoms with Crippen molar-refractivity contribution in [3.8, 4) is 11.5 Å². The van der Waals surface area contributed by atoms with Gasteiger partial charge in [0.15, 0.2) is 0 Å². The Morgan fingerprint density at radius 2 is 0.756 bits per heavy atom. The van der Waals surface area contributed by atoms with Crippen molar-refractivity contribution < 1.29 is 4.74 Å². The van der Waals surface area contributed by atoms with Crippen LogP contribution in [-0.2, 0) is 12.8 Å². The first-order chi connectivity index (χ1) is 20.3. The quantitative estimate of drug-likeness (QED) is 0.0937. The summed E-state index contributed by atoms with van der Waals surface area (Å²) in [4.78, 5) is 0. The van der Waals surface area contributed by atoms with Gasteiger partial charge in [-0.25, -0.2) is 0 Å². The Morgan fingerprint density at radius 3 is 1.20 bits per heavy atom. The Morgan fingerprint density at radius 1 is 0.366 bits per heavy atom. The van der Waals surface area contributed by atoms with Crippen molar-refractivity contribution in [2.75, 3.05) is 0 Å². The Bertz CT molecular complexity index is 823. The van der Waals surface area contributed by atoms with E-state index in [1.54, 1.807) is 0 Å². The lowest BCUT2D eigenvalue weighted by molar-refractivity contribution is 0.481. The normalized spacial score (nSPS) is 11.3. The van der Waals surface area contributed by atoms with Gasteiger partial charge in [-0.2, -0.15) is 0 Å². The molecule has 0 unspecified atom stereocenters. The van der Waals surface area contributed by atoms with Crippen LogP contribution in [0.5, 0.6) is 11.5 Å². The molecule has 0 radical (unpaired) electrons. The third-order valence-corrected chi connectivity index (χ3v) is 8.70. The molecule has 0 N–H and O–H groups in total. The van der Waals surface area contributed by atoms with E-state index in [-0.39, 0.29) is 0 Å². The summed E-state index contributed by atoms with van der Waals surface area (Å²) in [5.41, 5.74) is 2.84. The summed E-state index contributed by atoms with van der Waals surface area (Å²) in [6, 6.07) is 17.5. The Kier molecular flexibility index (Phi) is 22.4. The standard InChI is InChI=1S/C40H66O/c1-3-5-7-9-11-13-15-17-19-21-23-25-28-37-32-34-39(35-33-37)41-40-31-27-30-38(36-40)29-26-24-22-20-18-16-14-12-10-8-6-4-2/h27,30-36H,3-26,28-29H2,1-2H3. The van der Waals surface area contributed by atoms with Crippen molar-refractivity contribution in [1.82, 2.24) is 0 Å². The van der Waals surface area contributed by atoms with Crippen molar-refractivity contribution in [3.05, 3.63) is 59.7 Å². The Balaban J connectivity index is 1.49. The molecule has 0 atom stereocenters. The summed E-state index contributed by atoms with van der Waals surface area (Å²) in [7, 11) is 0. The monoisotopic (exact) mass is 563 g/mol. The van der Waals surface area contributed by atoms with E-state index in [9.17, 15) is 0 Å². The minimum absolute atomic E-state index is 0.950. The van der Waals surface area contributed by atoms with Gasteiger partial charge in [0.2, 0.25) is 0 Å². The van der Waals surface area contributed by atoms with Crippen LogP contribution in [0, 0.1) is 0 Å². The summed E-state index contributed by atoms with van der Waals surface area (Å²) in [5, 5.41) is 0. The van der Waals surface area contributed by atoms with E-state index < -0.39 is 0 Å². The van der Waals surface area contributed by atoms with Crippen molar-refractivity contribution in [3.63, 3.8) is 0 Å². The Hall–Kier alpha value is -1.76. The van der Waals surface area contributed by atoms with Crippen molar-refractivity contribution >= 4 is 0 Å². The second kappa shape index (κ2) is 25.9. The molecule has 0 amide bonds. The lowest BCUT2D eigenvalue weighted by Crippen LogP contribution is -1.90. The largest absolute Gasteiger partial charge is 0.457 e. The highest BCUT2D eigenvalue weighted by Gasteiger charge is 2.02. The molecule has 2 rings (SSSR count). The van der Waals surface area contributed by atoms with Gasteiger partial charge in [0.05, 0.1) is 0 Å². The van der Waals surface area contributed by atoms with E-state index in [1.165, 1.54) is 172 Å². The van der Waals surface area contributed by atoms with Crippen molar-refractivity contribution in [2.45, 2.75) is 181 Å². The van der Waals surface area contributed by atoms with Crippen LogP contribution in [0.15, 0.2) is 48.5 Å². The third kappa shape index (κ3) is 19.9.